The van der Waals surface area contributed by atoms with Gasteiger partial charge in [-0.1, -0.05) is 25.5 Å². The molecule has 7 heteroatoms. The molecule has 1 aliphatic heterocycles. The van der Waals surface area contributed by atoms with Crippen LogP contribution < -0.4 is 9.47 Å². The third kappa shape index (κ3) is 6.12. The van der Waals surface area contributed by atoms with Gasteiger partial charge in [-0.25, -0.2) is 4.98 Å². The molecule has 0 saturated carbocycles. The second-order valence-corrected chi connectivity index (χ2v) is 9.10. The molecule has 1 saturated heterocycles. The van der Waals surface area contributed by atoms with E-state index in [4.69, 9.17) is 14.5 Å². The molecule has 3 aromatic rings. The number of rotatable bonds is 9. The third-order valence-corrected chi connectivity index (χ3v) is 6.64. The van der Waals surface area contributed by atoms with Crippen LogP contribution in [0.1, 0.15) is 35.1 Å². The number of unbranched alkanes of at least 4 members (excludes halogenated alkanes) is 1. The van der Waals surface area contributed by atoms with Crippen LogP contribution in [0, 0.1) is 0 Å². The first-order chi connectivity index (χ1) is 16.2. The van der Waals surface area contributed by atoms with E-state index < -0.39 is 0 Å². The van der Waals surface area contributed by atoms with E-state index in [1.807, 2.05) is 47.4 Å². The summed E-state index contributed by atoms with van der Waals surface area (Å²) < 4.78 is 11.0. The highest BCUT2D eigenvalue weighted by Crippen LogP contribution is 2.26. The monoisotopic (exact) mass is 465 g/mol. The van der Waals surface area contributed by atoms with Crippen LogP contribution >= 0.6 is 11.3 Å². The Kier molecular flexibility index (Phi) is 7.96. The van der Waals surface area contributed by atoms with Crippen LogP contribution in [-0.2, 0) is 6.54 Å². The molecule has 33 heavy (non-hydrogen) atoms. The molecule has 4 rings (SSSR count). The van der Waals surface area contributed by atoms with Crippen LogP contribution in [0.4, 0.5) is 0 Å². The summed E-state index contributed by atoms with van der Waals surface area (Å²) in [6.07, 6.45) is 2.14. The molecule has 1 aliphatic rings. The van der Waals surface area contributed by atoms with Crippen molar-refractivity contribution in [3.63, 3.8) is 0 Å². The zero-order valence-electron chi connectivity index (χ0n) is 19.3. The van der Waals surface area contributed by atoms with Gasteiger partial charge in [0.2, 0.25) is 0 Å². The number of aromatic nitrogens is 1. The molecule has 0 N–H and O–H groups in total. The fourth-order valence-electron chi connectivity index (χ4n) is 3.81. The number of piperazine rings is 1. The van der Waals surface area contributed by atoms with Crippen molar-refractivity contribution in [1.82, 2.24) is 14.8 Å². The zero-order chi connectivity index (χ0) is 23.0. The van der Waals surface area contributed by atoms with Gasteiger partial charge in [0.1, 0.15) is 16.5 Å². The lowest BCUT2D eigenvalue weighted by Gasteiger charge is -2.34. The standard InChI is InChI=1S/C26H31N3O3S/c1-3-4-16-32-22-10-8-20(9-11-22)26(30)29-14-12-28(13-15-29)18-25-27-24(19-33-25)21-6-5-7-23(17-21)31-2/h5-11,17,19H,3-4,12-16,18H2,1-2H3. The van der Waals surface area contributed by atoms with Gasteiger partial charge in [-0.2, -0.15) is 0 Å². The lowest BCUT2D eigenvalue weighted by molar-refractivity contribution is 0.0628. The molecule has 0 spiro atoms. The van der Waals surface area contributed by atoms with Crippen molar-refractivity contribution in [2.24, 2.45) is 0 Å². The number of nitrogens with zero attached hydrogens (tertiary/aromatic N) is 3. The SMILES string of the molecule is CCCCOc1ccc(C(=O)N2CCN(Cc3nc(-c4cccc(OC)c4)cs3)CC2)cc1. The Morgan fingerprint density at radius 2 is 1.85 bits per heavy atom. The Labute approximate surface area is 199 Å². The van der Waals surface area contributed by atoms with Crippen LogP contribution in [0.15, 0.2) is 53.9 Å². The van der Waals surface area contributed by atoms with Crippen molar-refractivity contribution in [1.29, 1.82) is 0 Å². The van der Waals surface area contributed by atoms with Crippen molar-refractivity contribution in [2.75, 3.05) is 39.9 Å². The molecule has 1 aromatic heterocycles. The van der Waals surface area contributed by atoms with Crippen LogP contribution in [-0.4, -0.2) is 60.6 Å². The number of hydrogen-bond donors (Lipinski definition) is 0. The summed E-state index contributed by atoms with van der Waals surface area (Å²) in [6, 6.07) is 15.5. The van der Waals surface area contributed by atoms with Gasteiger partial charge in [0.05, 0.1) is 26.0 Å². The van der Waals surface area contributed by atoms with Gasteiger partial charge >= 0.3 is 0 Å². The molecule has 0 aliphatic carbocycles. The molecular weight excluding hydrogens is 434 g/mol. The Hall–Kier alpha value is -2.90. The molecule has 0 unspecified atom stereocenters. The summed E-state index contributed by atoms with van der Waals surface area (Å²) in [7, 11) is 1.67. The van der Waals surface area contributed by atoms with Gasteiger partial charge < -0.3 is 14.4 Å². The molecule has 0 bridgehead atoms. The number of ether oxygens (including phenoxy) is 2. The van der Waals surface area contributed by atoms with Crippen molar-refractivity contribution < 1.29 is 14.3 Å². The number of carbonyl (C=O) groups excluding carboxylic acids is 1. The van der Waals surface area contributed by atoms with Crippen LogP contribution in [0.25, 0.3) is 11.3 Å². The quantitative estimate of drug-likeness (QED) is 0.418. The summed E-state index contributed by atoms with van der Waals surface area (Å²) in [4.78, 5) is 22.0. The molecule has 6 nitrogen and oxygen atoms in total. The van der Waals surface area contributed by atoms with Crippen LogP contribution in [0.2, 0.25) is 0 Å². The van der Waals surface area contributed by atoms with E-state index in [1.54, 1.807) is 18.4 Å². The first-order valence-corrected chi connectivity index (χ1v) is 12.4. The van der Waals surface area contributed by atoms with Gasteiger partial charge in [-0.3, -0.25) is 9.69 Å². The van der Waals surface area contributed by atoms with E-state index in [0.717, 1.165) is 73.3 Å². The molecule has 2 aromatic carbocycles. The second kappa shape index (κ2) is 11.3. The fraction of sp³-hybridized carbons (Fsp3) is 0.385. The lowest BCUT2D eigenvalue weighted by atomic mass is 10.1. The number of hydrogen-bond acceptors (Lipinski definition) is 6. The molecule has 2 heterocycles. The normalized spacial score (nSPS) is 14.3. The molecule has 0 radical (unpaired) electrons. The van der Waals surface area contributed by atoms with Crippen molar-refractivity contribution >= 4 is 17.2 Å². The Balaban J connectivity index is 1.27. The number of benzene rings is 2. The van der Waals surface area contributed by atoms with Gasteiger partial charge in [0.15, 0.2) is 0 Å². The van der Waals surface area contributed by atoms with E-state index in [-0.39, 0.29) is 5.91 Å². The number of amides is 1. The minimum atomic E-state index is 0.0873. The first-order valence-electron chi connectivity index (χ1n) is 11.5. The predicted octanol–water partition coefficient (Wildman–Crippen LogP) is 4.96. The maximum absolute atomic E-state index is 12.9. The van der Waals surface area contributed by atoms with Gasteiger partial charge in [0, 0.05) is 42.7 Å². The van der Waals surface area contributed by atoms with E-state index in [1.165, 1.54) is 0 Å². The Morgan fingerprint density at radius 1 is 1.06 bits per heavy atom. The van der Waals surface area contributed by atoms with Crippen molar-refractivity contribution in [3.8, 4) is 22.8 Å². The summed E-state index contributed by atoms with van der Waals surface area (Å²) in [6.45, 7) is 6.80. The molecule has 1 fully saturated rings. The van der Waals surface area contributed by atoms with Crippen molar-refractivity contribution in [3.05, 3.63) is 64.5 Å². The maximum atomic E-state index is 12.9. The highest BCUT2D eigenvalue weighted by atomic mass is 32.1. The lowest BCUT2D eigenvalue weighted by Crippen LogP contribution is -2.48. The molecule has 174 valence electrons. The number of methoxy groups -OCH3 is 1. The summed E-state index contributed by atoms with van der Waals surface area (Å²) in [5, 5.41) is 3.19. The average Bonchev–Trinajstić information content (AvgIpc) is 3.33. The molecular formula is C26H31N3O3S. The third-order valence-electron chi connectivity index (χ3n) is 5.80. The predicted molar refractivity (Wildman–Crippen MR) is 132 cm³/mol. The van der Waals surface area contributed by atoms with E-state index >= 15 is 0 Å². The first kappa shape index (κ1) is 23.3. The minimum Gasteiger partial charge on any atom is -0.497 e. The smallest absolute Gasteiger partial charge is 0.253 e. The summed E-state index contributed by atoms with van der Waals surface area (Å²) in [5.74, 6) is 1.74. The van der Waals surface area contributed by atoms with E-state index in [9.17, 15) is 4.79 Å². The minimum absolute atomic E-state index is 0.0873. The Morgan fingerprint density at radius 3 is 2.58 bits per heavy atom. The van der Waals surface area contributed by atoms with Gasteiger partial charge in [-0.15, -0.1) is 11.3 Å². The fourth-order valence-corrected chi connectivity index (χ4v) is 4.65. The van der Waals surface area contributed by atoms with Crippen LogP contribution in [0.5, 0.6) is 11.5 Å². The Bertz CT molecular complexity index is 1040. The highest BCUT2D eigenvalue weighted by Gasteiger charge is 2.23. The average molecular weight is 466 g/mol. The number of thiazole rings is 1. The van der Waals surface area contributed by atoms with E-state index in [0.29, 0.717) is 12.2 Å². The maximum Gasteiger partial charge on any atom is 0.253 e. The largest absolute Gasteiger partial charge is 0.497 e. The number of carbonyl (C=O) groups is 1. The zero-order valence-corrected chi connectivity index (χ0v) is 20.1. The second-order valence-electron chi connectivity index (χ2n) is 8.15. The van der Waals surface area contributed by atoms with Crippen LogP contribution in [0.3, 0.4) is 0 Å². The highest BCUT2D eigenvalue weighted by molar-refractivity contribution is 7.09. The molecule has 0 atom stereocenters. The summed E-state index contributed by atoms with van der Waals surface area (Å²) >= 11 is 1.68. The van der Waals surface area contributed by atoms with E-state index in [2.05, 4.69) is 23.3 Å². The summed E-state index contributed by atoms with van der Waals surface area (Å²) in [5.41, 5.74) is 2.76. The topological polar surface area (TPSA) is 54.9 Å². The van der Waals surface area contributed by atoms with Gasteiger partial charge in [0.25, 0.3) is 5.91 Å². The van der Waals surface area contributed by atoms with Crippen molar-refractivity contribution in [2.45, 2.75) is 26.3 Å². The molecule has 1 amide bonds. The van der Waals surface area contributed by atoms with Gasteiger partial charge in [-0.05, 0) is 42.8 Å².